The highest BCUT2D eigenvalue weighted by Crippen LogP contribution is 2.44. The maximum absolute atomic E-state index is 6.81. The van der Waals surface area contributed by atoms with Crippen LogP contribution in [-0.2, 0) is 0 Å². The Labute approximate surface area is 297 Å². The smallest absolute Gasteiger partial charge is 0.143 e. The fourth-order valence-electron chi connectivity index (χ4n) is 7.96. The first kappa shape index (κ1) is 29.0. The Balaban J connectivity index is 1.00. The summed E-state index contributed by atoms with van der Waals surface area (Å²) >= 11 is 1.85. The van der Waals surface area contributed by atoms with Gasteiger partial charge in [0.1, 0.15) is 22.3 Å². The number of para-hydroxylation sites is 2. The molecule has 1 fully saturated rings. The zero-order valence-corrected chi connectivity index (χ0v) is 28.2. The summed E-state index contributed by atoms with van der Waals surface area (Å²) in [6, 6.07) is 53.7. The highest BCUT2D eigenvalue weighted by Gasteiger charge is 2.30. The lowest BCUT2D eigenvalue weighted by Gasteiger charge is -2.39. The van der Waals surface area contributed by atoms with Gasteiger partial charge in [-0.1, -0.05) is 127 Å². The Morgan fingerprint density at radius 1 is 0.392 bits per heavy atom. The second kappa shape index (κ2) is 11.4. The fraction of sp³-hybridized carbons (Fsp3) is 0.0667. The van der Waals surface area contributed by atoms with Crippen molar-refractivity contribution in [3.8, 4) is 11.1 Å². The molecule has 0 bridgehead atoms. The molecule has 10 aromatic rings. The molecular formula is C45H31N3O2S. The van der Waals surface area contributed by atoms with Gasteiger partial charge in [0, 0.05) is 52.8 Å². The molecule has 3 atom stereocenters. The zero-order valence-electron chi connectivity index (χ0n) is 27.4. The van der Waals surface area contributed by atoms with Crippen molar-refractivity contribution in [2.75, 3.05) is 0 Å². The third-order valence-corrected chi connectivity index (χ3v) is 11.6. The maximum atomic E-state index is 6.81. The number of hydrogen-bond acceptors (Lipinski definition) is 6. The largest absolute Gasteiger partial charge is 0.456 e. The second-order valence-corrected chi connectivity index (χ2v) is 14.4. The molecule has 3 aromatic heterocycles. The van der Waals surface area contributed by atoms with E-state index in [9.17, 15) is 0 Å². The lowest BCUT2D eigenvalue weighted by atomic mass is 9.99. The minimum Gasteiger partial charge on any atom is -0.456 e. The zero-order chi connectivity index (χ0) is 33.5. The van der Waals surface area contributed by atoms with E-state index in [4.69, 9.17) is 8.83 Å². The Kier molecular flexibility index (Phi) is 6.48. The van der Waals surface area contributed by atoms with Crippen LogP contribution in [0.4, 0.5) is 0 Å². The molecule has 1 saturated heterocycles. The highest BCUT2D eigenvalue weighted by atomic mass is 32.1. The van der Waals surface area contributed by atoms with Crippen LogP contribution >= 0.6 is 11.3 Å². The summed E-state index contributed by atoms with van der Waals surface area (Å²) in [5.41, 5.74) is 9.28. The van der Waals surface area contributed by atoms with E-state index in [0.29, 0.717) is 0 Å². The molecule has 244 valence electrons. The lowest BCUT2D eigenvalue weighted by Crippen LogP contribution is -2.54. The molecule has 1 aliphatic heterocycles. The molecule has 1 aliphatic rings. The van der Waals surface area contributed by atoms with Gasteiger partial charge in [0.25, 0.3) is 0 Å². The summed E-state index contributed by atoms with van der Waals surface area (Å²) in [6.45, 7) is 0. The van der Waals surface area contributed by atoms with Crippen molar-refractivity contribution in [2.24, 2.45) is 0 Å². The van der Waals surface area contributed by atoms with Crippen LogP contribution in [0.25, 0.3) is 75.2 Å². The highest BCUT2D eigenvalue weighted by molar-refractivity contribution is 7.26. The van der Waals surface area contributed by atoms with Crippen LogP contribution in [0.15, 0.2) is 160 Å². The van der Waals surface area contributed by atoms with Crippen molar-refractivity contribution in [2.45, 2.75) is 18.5 Å². The van der Waals surface area contributed by atoms with E-state index in [-0.39, 0.29) is 18.5 Å². The standard InChI is InChI=1S/C45H31N3O2S/c1-2-10-26(11-3-1)43-46-44(27-20-22-30-29-12-4-6-18-37(29)49-38(30)24-27)48-45(47-43)28-21-23-31-33-14-8-15-34(41(33)50-39(31)25-28)36-17-9-16-35-32-13-5-7-19-40(32)51-42(35)36/h1-25,43-48H. The summed E-state index contributed by atoms with van der Waals surface area (Å²) in [6.07, 6.45) is -0.385. The first-order valence-corrected chi connectivity index (χ1v) is 18.2. The van der Waals surface area contributed by atoms with E-state index in [1.54, 1.807) is 0 Å². The van der Waals surface area contributed by atoms with Gasteiger partial charge in [0.2, 0.25) is 0 Å². The number of nitrogens with one attached hydrogen (secondary N) is 3. The predicted molar refractivity (Wildman–Crippen MR) is 210 cm³/mol. The van der Waals surface area contributed by atoms with E-state index in [1.165, 1.54) is 31.3 Å². The fourth-order valence-corrected chi connectivity index (χ4v) is 9.19. The number of benzene rings is 7. The molecule has 3 N–H and O–H groups in total. The summed E-state index contributed by atoms with van der Waals surface area (Å²) < 4.78 is 15.7. The number of fused-ring (bicyclic) bond motifs is 9. The van der Waals surface area contributed by atoms with Crippen LogP contribution in [0.3, 0.4) is 0 Å². The molecule has 3 unspecified atom stereocenters. The van der Waals surface area contributed by atoms with Crippen molar-refractivity contribution in [3.05, 3.63) is 168 Å². The van der Waals surface area contributed by atoms with Crippen LogP contribution < -0.4 is 16.0 Å². The SMILES string of the molecule is c1ccc(C2NC(c3ccc4c(c3)oc3ccccc34)NC(c3ccc4c(c3)oc3c(-c5cccc6c5sc5ccccc56)cccc34)N2)cc1. The van der Waals surface area contributed by atoms with Gasteiger partial charge in [-0.05, 0) is 41.0 Å². The molecule has 7 aromatic carbocycles. The third kappa shape index (κ3) is 4.65. The van der Waals surface area contributed by atoms with E-state index in [2.05, 4.69) is 155 Å². The summed E-state index contributed by atoms with van der Waals surface area (Å²) in [7, 11) is 0. The molecule has 0 spiro atoms. The number of hydrogen-bond donors (Lipinski definition) is 3. The number of furan rings is 2. The Morgan fingerprint density at radius 2 is 0.961 bits per heavy atom. The normalized spacial score (nSPS) is 18.2. The van der Waals surface area contributed by atoms with E-state index >= 15 is 0 Å². The minimum atomic E-state index is -0.155. The number of rotatable bonds is 4. The van der Waals surface area contributed by atoms with Gasteiger partial charge in [0.15, 0.2) is 0 Å². The lowest BCUT2D eigenvalue weighted by molar-refractivity contribution is 0.203. The van der Waals surface area contributed by atoms with E-state index < -0.39 is 0 Å². The predicted octanol–water partition coefficient (Wildman–Crippen LogP) is 11.7. The molecule has 11 rings (SSSR count). The van der Waals surface area contributed by atoms with Gasteiger partial charge < -0.3 is 8.83 Å². The van der Waals surface area contributed by atoms with Gasteiger partial charge in [-0.25, -0.2) is 0 Å². The molecule has 51 heavy (non-hydrogen) atoms. The van der Waals surface area contributed by atoms with Crippen LogP contribution in [0.2, 0.25) is 0 Å². The third-order valence-electron chi connectivity index (χ3n) is 10.4. The molecule has 4 heterocycles. The molecule has 0 amide bonds. The average molecular weight is 678 g/mol. The maximum Gasteiger partial charge on any atom is 0.143 e. The topological polar surface area (TPSA) is 62.4 Å². The van der Waals surface area contributed by atoms with Crippen molar-refractivity contribution in [1.82, 2.24) is 16.0 Å². The van der Waals surface area contributed by atoms with Gasteiger partial charge in [0.05, 0.1) is 18.5 Å². The molecule has 6 heteroatoms. The molecule has 0 radical (unpaired) electrons. The first-order valence-electron chi connectivity index (χ1n) is 17.4. The van der Waals surface area contributed by atoms with Crippen molar-refractivity contribution < 1.29 is 8.83 Å². The van der Waals surface area contributed by atoms with Crippen LogP contribution in [-0.4, -0.2) is 0 Å². The van der Waals surface area contributed by atoms with Gasteiger partial charge in [-0.2, -0.15) is 0 Å². The van der Waals surface area contributed by atoms with E-state index in [1.807, 2.05) is 23.5 Å². The number of thiophene rings is 1. The minimum absolute atomic E-state index is 0.0893. The Morgan fingerprint density at radius 3 is 1.75 bits per heavy atom. The molecule has 0 aliphatic carbocycles. The molecule has 5 nitrogen and oxygen atoms in total. The van der Waals surface area contributed by atoms with Gasteiger partial charge in [-0.3, -0.25) is 16.0 Å². The molecule has 0 saturated carbocycles. The summed E-state index contributed by atoms with van der Waals surface area (Å²) in [4.78, 5) is 0. The van der Waals surface area contributed by atoms with Crippen LogP contribution in [0.5, 0.6) is 0 Å². The molecular weight excluding hydrogens is 647 g/mol. The monoisotopic (exact) mass is 677 g/mol. The van der Waals surface area contributed by atoms with Gasteiger partial charge in [-0.15, -0.1) is 11.3 Å². The first-order chi connectivity index (χ1) is 25.2. The van der Waals surface area contributed by atoms with Crippen molar-refractivity contribution in [3.63, 3.8) is 0 Å². The average Bonchev–Trinajstić information content (AvgIpc) is 3.88. The second-order valence-electron chi connectivity index (χ2n) is 13.4. The summed E-state index contributed by atoms with van der Waals surface area (Å²) in [5.74, 6) is 0. The summed E-state index contributed by atoms with van der Waals surface area (Å²) in [5, 5.41) is 18.6. The van der Waals surface area contributed by atoms with Crippen LogP contribution in [0.1, 0.15) is 35.2 Å². The van der Waals surface area contributed by atoms with Gasteiger partial charge >= 0.3 is 0 Å². The quantitative estimate of drug-likeness (QED) is 0.173. The Bertz CT molecular complexity index is 2940. The van der Waals surface area contributed by atoms with Crippen LogP contribution in [0, 0.1) is 0 Å². The van der Waals surface area contributed by atoms with Crippen molar-refractivity contribution >= 4 is 75.4 Å². The Hall–Kier alpha value is -5.76. The van der Waals surface area contributed by atoms with Crippen molar-refractivity contribution in [1.29, 1.82) is 0 Å². The van der Waals surface area contributed by atoms with E-state index in [0.717, 1.165) is 60.6 Å².